The van der Waals surface area contributed by atoms with Crippen molar-refractivity contribution in [3.8, 4) is 0 Å². The molecule has 2 aromatic rings. The molecule has 3 nitrogen and oxygen atoms in total. The molecule has 0 N–H and O–H groups in total. The highest BCUT2D eigenvalue weighted by molar-refractivity contribution is 6.43. The van der Waals surface area contributed by atoms with Crippen molar-refractivity contribution in [2.24, 2.45) is 0 Å². The molecule has 0 radical (unpaired) electrons. The van der Waals surface area contributed by atoms with Gasteiger partial charge < -0.3 is 4.74 Å². The third-order valence-electron chi connectivity index (χ3n) is 5.12. The van der Waals surface area contributed by atoms with Crippen LogP contribution < -0.4 is 4.90 Å². The number of hydrogen-bond acceptors (Lipinski definition) is 2. The van der Waals surface area contributed by atoms with Gasteiger partial charge in [-0.15, -0.1) is 23.2 Å². The summed E-state index contributed by atoms with van der Waals surface area (Å²) < 4.78 is 6.34. The lowest BCUT2D eigenvalue weighted by Crippen LogP contribution is -2.79. The third-order valence-corrected chi connectivity index (χ3v) is 5.99. The predicted molar refractivity (Wildman–Crippen MR) is 100 cm³/mol. The van der Waals surface area contributed by atoms with Gasteiger partial charge in [0.25, 0.3) is 5.91 Å². The van der Waals surface area contributed by atoms with Gasteiger partial charge in [-0.1, -0.05) is 48.5 Å². The summed E-state index contributed by atoms with van der Waals surface area (Å²) in [5, 5.41) is 0. The smallest absolute Gasteiger partial charge is 0.256 e. The topological polar surface area (TPSA) is 29.5 Å². The molecule has 0 bridgehead atoms. The molecular weight excluding hydrogens is 357 g/mol. The Morgan fingerprint density at radius 2 is 1.60 bits per heavy atom. The number of ether oxygens (including phenoxy) is 1. The molecule has 2 fully saturated rings. The monoisotopic (exact) mass is 375 g/mol. The molecule has 2 aliphatic heterocycles. The number of rotatable bonds is 2. The van der Waals surface area contributed by atoms with Gasteiger partial charge in [0.1, 0.15) is 0 Å². The maximum absolute atomic E-state index is 13.2. The number of benzene rings is 2. The molecule has 0 aliphatic carbocycles. The van der Waals surface area contributed by atoms with Crippen molar-refractivity contribution in [2.45, 2.75) is 35.2 Å². The van der Waals surface area contributed by atoms with Crippen LogP contribution in [0.2, 0.25) is 0 Å². The molecule has 4 rings (SSSR count). The normalized spacial score (nSPS) is 34.8. The van der Waals surface area contributed by atoms with Crippen LogP contribution in [0.1, 0.15) is 25.3 Å². The van der Waals surface area contributed by atoms with Gasteiger partial charge in [0, 0.05) is 16.1 Å². The second-order valence-corrected chi connectivity index (χ2v) is 8.53. The van der Waals surface area contributed by atoms with Gasteiger partial charge in [0.2, 0.25) is 5.72 Å². The Hall–Kier alpha value is -1.55. The summed E-state index contributed by atoms with van der Waals surface area (Å²) in [5.74, 6) is -0.169. The number of carbonyl (C=O) groups is 1. The number of nitrogens with zero attached hydrogens (tertiary/aromatic N) is 1. The first-order chi connectivity index (χ1) is 11.9. The largest absolute Gasteiger partial charge is 0.349 e. The maximum Gasteiger partial charge on any atom is 0.256 e. The standard InChI is InChI=1S/C20H19Cl2NO2/c1-18(21)12-13-25-20(15-8-4-2-5-9-15)19(22,14-18)17(24)23(20)16-10-6-3-7-11-16/h2-11H,12-14H2,1H3/t18-,19+,20-/m1/s1. The first-order valence-electron chi connectivity index (χ1n) is 8.38. The lowest BCUT2D eigenvalue weighted by atomic mass is 9.72. The molecule has 2 heterocycles. The fourth-order valence-electron chi connectivity index (χ4n) is 3.95. The number of fused-ring (bicyclic) bond motifs is 1. The Balaban J connectivity index is 1.92. The van der Waals surface area contributed by atoms with Crippen LogP contribution in [-0.4, -0.2) is 22.3 Å². The molecule has 3 atom stereocenters. The van der Waals surface area contributed by atoms with E-state index in [1.54, 1.807) is 4.90 Å². The molecule has 1 amide bonds. The zero-order chi connectivity index (χ0) is 17.7. The fourth-order valence-corrected chi connectivity index (χ4v) is 4.93. The minimum atomic E-state index is -1.23. The van der Waals surface area contributed by atoms with Crippen LogP contribution in [0.3, 0.4) is 0 Å². The van der Waals surface area contributed by atoms with Crippen molar-refractivity contribution in [3.63, 3.8) is 0 Å². The summed E-state index contributed by atoms with van der Waals surface area (Å²) in [4.78, 5) is 13.1. The van der Waals surface area contributed by atoms with Crippen LogP contribution in [0.5, 0.6) is 0 Å². The van der Waals surface area contributed by atoms with Crippen molar-refractivity contribution in [1.82, 2.24) is 0 Å². The fraction of sp³-hybridized carbons (Fsp3) is 0.350. The van der Waals surface area contributed by atoms with E-state index in [0.29, 0.717) is 19.4 Å². The highest BCUT2D eigenvalue weighted by Crippen LogP contribution is 2.61. The minimum Gasteiger partial charge on any atom is -0.349 e. The van der Waals surface area contributed by atoms with E-state index in [4.69, 9.17) is 27.9 Å². The zero-order valence-electron chi connectivity index (χ0n) is 13.9. The third kappa shape index (κ3) is 2.33. The quantitative estimate of drug-likeness (QED) is 0.563. The first-order valence-corrected chi connectivity index (χ1v) is 9.13. The average molecular weight is 376 g/mol. The Kier molecular flexibility index (Phi) is 3.87. The van der Waals surface area contributed by atoms with Gasteiger partial charge in [-0.2, -0.15) is 0 Å². The summed E-state index contributed by atoms with van der Waals surface area (Å²) in [6, 6.07) is 19.2. The Bertz CT molecular complexity index is 796. The van der Waals surface area contributed by atoms with Gasteiger partial charge in [-0.25, -0.2) is 0 Å². The van der Waals surface area contributed by atoms with Crippen molar-refractivity contribution in [3.05, 3.63) is 66.2 Å². The van der Waals surface area contributed by atoms with E-state index in [1.807, 2.05) is 67.6 Å². The molecule has 0 spiro atoms. The second kappa shape index (κ2) is 5.73. The van der Waals surface area contributed by atoms with Crippen LogP contribution in [0.4, 0.5) is 5.69 Å². The van der Waals surface area contributed by atoms with Gasteiger partial charge in [-0.05, 0) is 31.9 Å². The zero-order valence-corrected chi connectivity index (χ0v) is 15.4. The van der Waals surface area contributed by atoms with Crippen LogP contribution >= 0.6 is 23.2 Å². The summed E-state index contributed by atoms with van der Waals surface area (Å²) in [6.07, 6.45) is 0.980. The van der Waals surface area contributed by atoms with Gasteiger partial charge in [0.05, 0.1) is 6.61 Å². The highest BCUT2D eigenvalue weighted by Gasteiger charge is 2.75. The van der Waals surface area contributed by atoms with Crippen LogP contribution in [-0.2, 0) is 15.3 Å². The molecular formula is C20H19Cl2NO2. The number of carbonyl (C=O) groups excluding carboxylic acids is 1. The van der Waals surface area contributed by atoms with E-state index in [9.17, 15) is 4.79 Å². The van der Waals surface area contributed by atoms with Gasteiger partial charge in [0.15, 0.2) is 4.87 Å². The molecule has 25 heavy (non-hydrogen) atoms. The number of amides is 1. The molecule has 0 unspecified atom stereocenters. The van der Waals surface area contributed by atoms with E-state index in [1.165, 1.54) is 0 Å². The Morgan fingerprint density at radius 3 is 2.24 bits per heavy atom. The lowest BCUT2D eigenvalue weighted by molar-refractivity contribution is -0.163. The summed E-state index contributed by atoms with van der Waals surface area (Å²) in [7, 11) is 0. The van der Waals surface area contributed by atoms with E-state index in [0.717, 1.165) is 11.3 Å². The molecule has 2 aromatic carbocycles. The lowest BCUT2D eigenvalue weighted by Gasteiger charge is -2.61. The second-order valence-electron chi connectivity index (χ2n) is 6.98. The van der Waals surface area contributed by atoms with Crippen molar-refractivity contribution >= 4 is 34.8 Å². The summed E-state index contributed by atoms with van der Waals surface area (Å²) in [6.45, 7) is 2.35. The molecule has 0 aromatic heterocycles. The summed E-state index contributed by atoms with van der Waals surface area (Å²) >= 11 is 13.6. The maximum atomic E-state index is 13.2. The average Bonchev–Trinajstić information content (AvgIpc) is 2.70. The number of alkyl halides is 2. The first kappa shape index (κ1) is 16.9. The van der Waals surface area contributed by atoms with Gasteiger partial charge >= 0.3 is 0 Å². The van der Waals surface area contributed by atoms with Crippen LogP contribution in [0, 0.1) is 0 Å². The highest BCUT2D eigenvalue weighted by atomic mass is 35.5. The number of hydrogen-bond donors (Lipinski definition) is 0. The summed E-state index contributed by atoms with van der Waals surface area (Å²) in [5.41, 5.74) is 0.578. The van der Waals surface area contributed by atoms with Crippen molar-refractivity contribution < 1.29 is 9.53 Å². The molecule has 2 aliphatic rings. The SMILES string of the molecule is C[C@@]1(Cl)CCO[C@@]2(c3ccccc3)N(c3ccccc3)C(=O)[C@@]2(Cl)C1. The number of halogens is 2. The number of anilines is 1. The van der Waals surface area contributed by atoms with E-state index >= 15 is 0 Å². The Morgan fingerprint density at radius 1 is 1.00 bits per heavy atom. The van der Waals surface area contributed by atoms with Crippen LogP contribution in [0.15, 0.2) is 60.7 Å². The van der Waals surface area contributed by atoms with E-state index < -0.39 is 15.5 Å². The van der Waals surface area contributed by atoms with Crippen molar-refractivity contribution in [2.75, 3.05) is 11.5 Å². The van der Waals surface area contributed by atoms with E-state index in [2.05, 4.69) is 0 Å². The molecule has 0 saturated carbocycles. The molecule has 5 heteroatoms. The minimum absolute atomic E-state index is 0.169. The van der Waals surface area contributed by atoms with Gasteiger partial charge in [-0.3, -0.25) is 9.69 Å². The van der Waals surface area contributed by atoms with Crippen LogP contribution in [0.25, 0.3) is 0 Å². The Labute approximate surface area is 157 Å². The number of para-hydroxylation sites is 1. The predicted octanol–water partition coefficient (Wildman–Crippen LogP) is 4.67. The van der Waals surface area contributed by atoms with E-state index in [-0.39, 0.29) is 5.91 Å². The molecule has 130 valence electrons. The molecule has 2 saturated heterocycles. The van der Waals surface area contributed by atoms with Crippen molar-refractivity contribution in [1.29, 1.82) is 0 Å². The number of β-lactam (4-membered cyclic amide) rings is 1.